The molecule has 0 aliphatic heterocycles. The fourth-order valence-corrected chi connectivity index (χ4v) is 0.875. The van der Waals surface area contributed by atoms with Crippen LogP contribution in [0.15, 0.2) is 24.3 Å². The minimum absolute atomic E-state index is 0.372. The average Bonchev–Trinajstić information content (AvgIpc) is 2.03. The minimum Gasteiger partial charge on any atom is -0.207 e. The third-order valence-corrected chi connectivity index (χ3v) is 1.60. The van der Waals surface area contributed by atoms with Gasteiger partial charge in [-0.05, 0) is 17.7 Å². The fraction of sp³-hybridized carbons (Fsp3) is 0.125. The number of nitriles is 1. The Morgan fingerprint density at radius 3 is 2.82 bits per heavy atom. The number of alkyl halides is 1. The second-order valence-electron chi connectivity index (χ2n) is 2.05. The number of rotatable bonds is 1. The summed E-state index contributed by atoms with van der Waals surface area (Å²) in [5.74, 6) is -0.372. The fourth-order valence-electron chi connectivity index (χ4n) is 0.739. The van der Waals surface area contributed by atoms with E-state index in [1.54, 1.807) is 6.07 Å². The van der Waals surface area contributed by atoms with E-state index in [2.05, 4.69) is 0 Å². The van der Waals surface area contributed by atoms with Crippen LogP contribution in [0, 0.1) is 17.1 Å². The Kier molecular flexibility index (Phi) is 2.45. The van der Waals surface area contributed by atoms with Crippen LogP contribution in [0.3, 0.4) is 0 Å². The number of hydrogen-bond acceptors (Lipinski definition) is 1. The molecule has 0 fully saturated rings. The van der Waals surface area contributed by atoms with Crippen molar-refractivity contribution in [2.45, 2.75) is 5.38 Å². The van der Waals surface area contributed by atoms with Crippen LogP contribution in [0.2, 0.25) is 0 Å². The summed E-state index contributed by atoms with van der Waals surface area (Å²) in [6.07, 6.45) is 0. The SMILES string of the molecule is N#C[C@H](Cl)c1cccc(F)c1. The van der Waals surface area contributed by atoms with E-state index in [0.29, 0.717) is 5.56 Å². The zero-order chi connectivity index (χ0) is 8.27. The zero-order valence-corrected chi connectivity index (χ0v) is 6.35. The summed E-state index contributed by atoms with van der Waals surface area (Å²) in [6.45, 7) is 0. The molecule has 0 N–H and O–H groups in total. The van der Waals surface area contributed by atoms with Crippen molar-refractivity contribution < 1.29 is 4.39 Å². The molecule has 3 heteroatoms. The van der Waals surface area contributed by atoms with Gasteiger partial charge in [-0.2, -0.15) is 5.26 Å². The van der Waals surface area contributed by atoms with Crippen molar-refractivity contribution in [3.8, 4) is 6.07 Å². The second-order valence-corrected chi connectivity index (χ2v) is 2.48. The van der Waals surface area contributed by atoms with Gasteiger partial charge in [0.1, 0.15) is 11.2 Å². The van der Waals surface area contributed by atoms with E-state index >= 15 is 0 Å². The highest BCUT2D eigenvalue weighted by Crippen LogP contribution is 2.19. The van der Waals surface area contributed by atoms with Crippen LogP contribution in [-0.2, 0) is 0 Å². The summed E-state index contributed by atoms with van der Waals surface area (Å²) in [5.41, 5.74) is 0.495. The van der Waals surface area contributed by atoms with Crippen LogP contribution < -0.4 is 0 Å². The van der Waals surface area contributed by atoms with Crippen molar-refractivity contribution in [2.24, 2.45) is 0 Å². The molecule has 0 aliphatic carbocycles. The molecule has 0 saturated carbocycles. The molecule has 0 amide bonds. The van der Waals surface area contributed by atoms with E-state index in [1.165, 1.54) is 18.2 Å². The van der Waals surface area contributed by atoms with Gasteiger partial charge in [0, 0.05) is 0 Å². The lowest BCUT2D eigenvalue weighted by Crippen LogP contribution is -1.86. The molecule has 1 atom stereocenters. The van der Waals surface area contributed by atoms with Gasteiger partial charge in [0.15, 0.2) is 0 Å². The Balaban J connectivity index is 2.98. The Bertz CT molecular complexity index is 292. The van der Waals surface area contributed by atoms with Gasteiger partial charge < -0.3 is 0 Å². The van der Waals surface area contributed by atoms with Gasteiger partial charge in [-0.25, -0.2) is 4.39 Å². The standard InChI is InChI=1S/C8H5ClFN/c9-8(5-11)6-2-1-3-7(10)4-6/h1-4,8H/t8-/m0/s1. The monoisotopic (exact) mass is 169 g/mol. The van der Waals surface area contributed by atoms with E-state index < -0.39 is 5.38 Å². The third-order valence-electron chi connectivity index (χ3n) is 1.25. The van der Waals surface area contributed by atoms with Gasteiger partial charge >= 0.3 is 0 Å². The van der Waals surface area contributed by atoms with Crippen molar-refractivity contribution in [2.75, 3.05) is 0 Å². The highest BCUT2D eigenvalue weighted by Gasteiger charge is 2.05. The normalized spacial score (nSPS) is 12.1. The average molecular weight is 170 g/mol. The predicted octanol–water partition coefficient (Wildman–Crippen LogP) is 2.63. The van der Waals surface area contributed by atoms with E-state index in [-0.39, 0.29) is 5.82 Å². The maximum Gasteiger partial charge on any atom is 0.145 e. The topological polar surface area (TPSA) is 23.8 Å². The molecule has 11 heavy (non-hydrogen) atoms. The van der Waals surface area contributed by atoms with Crippen LogP contribution in [0.25, 0.3) is 0 Å². The molecule has 0 aliphatic rings. The van der Waals surface area contributed by atoms with Crippen molar-refractivity contribution in [1.82, 2.24) is 0 Å². The van der Waals surface area contributed by atoms with Gasteiger partial charge in [-0.3, -0.25) is 0 Å². The summed E-state index contributed by atoms with van der Waals surface area (Å²) in [6, 6.07) is 7.51. The molecule has 0 saturated heterocycles. The van der Waals surface area contributed by atoms with Gasteiger partial charge in [-0.15, -0.1) is 11.6 Å². The smallest absolute Gasteiger partial charge is 0.145 e. The maximum absolute atomic E-state index is 12.5. The number of benzene rings is 1. The molecule has 1 nitrogen and oxygen atoms in total. The van der Waals surface area contributed by atoms with Crippen molar-refractivity contribution in [1.29, 1.82) is 5.26 Å². The minimum atomic E-state index is -0.759. The van der Waals surface area contributed by atoms with Gasteiger partial charge in [0.2, 0.25) is 0 Å². The molecule has 56 valence electrons. The van der Waals surface area contributed by atoms with Gasteiger partial charge in [-0.1, -0.05) is 12.1 Å². The van der Waals surface area contributed by atoms with E-state index in [1.807, 2.05) is 6.07 Å². The molecule has 0 unspecified atom stereocenters. The predicted molar refractivity (Wildman–Crippen MR) is 40.6 cm³/mol. The summed E-state index contributed by atoms with van der Waals surface area (Å²) in [5, 5.41) is 7.62. The molecule has 0 radical (unpaired) electrons. The van der Waals surface area contributed by atoms with E-state index in [4.69, 9.17) is 16.9 Å². The Morgan fingerprint density at radius 2 is 2.27 bits per heavy atom. The highest BCUT2D eigenvalue weighted by molar-refractivity contribution is 6.22. The van der Waals surface area contributed by atoms with Gasteiger partial charge in [0.25, 0.3) is 0 Å². The first-order valence-corrected chi connectivity index (χ1v) is 3.47. The Labute approximate surface area is 69.0 Å². The van der Waals surface area contributed by atoms with Crippen LogP contribution in [-0.4, -0.2) is 0 Å². The van der Waals surface area contributed by atoms with Crippen molar-refractivity contribution in [3.05, 3.63) is 35.6 Å². The van der Waals surface area contributed by atoms with E-state index in [0.717, 1.165) is 0 Å². The molecular formula is C8H5ClFN. The van der Waals surface area contributed by atoms with Crippen molar-refractivity contribution in [3.63, 3.8) is 0 Å². The Hall–Kier alpha value is -1.07. The number of halogens is 2. The largest absolute Gasteiger partial charge is 0.207 e. The number of hydrogen-bond donors (Lipinski definition) is 0. The molecule has 1 rings (SSSR count). The first-order chi connectivity index (χ1) is 5.24. The van der Waals surface area contributed by atoms with Crippen LogP contribution in [0.4, 0.5) is 4.39 Å². The molecule has 1 aromatic rings. The van der Waals surface area contributed by atoms with Crippen LogP contribution in [0.1, 0.15) is 10.9 Å². The molecule has 1 aromatic carbocycles. The molecule has 0 aromatic heterocycles. The third kappa shape index (κ3) is 1.92. The molecule has 0 spiro atoms. The molecule has 0 heterocycles. The summed E-state index contributed by atoms with van der Waals surface area (Å²) >= 11 is 5.53. The molecular weight excluding hydrogens is 165 g/mol. The lowest BCUT2D eigenvalue weighted by molar-refractivity contribution is 0.626. The first kappa shape index (κ1) is 8.03. The summed E-state index contributed by atoms with van der Waals surface area (Å²) in [7, 11) is 0. The van der Waals surface area contributed by atoms with Gasteiger partial charge in [0.05, 0.1) is 6.07 Å². The number of nitrogens with zero attached hydrogens (tertiary/aromatic N) is 1. The lowest BCUT2D eigenvalue weighted by Gasteiger charge is -1.98. The zero-order valence-electron chi connectivity index (χ0n) is 5.59. The highest BCUT2D eigenvalue weighted by atomic mass is 35.5. The lowest BCUT2D eigenvalue weighted by atomic mass is 10.2. The van der Waals surface area contributed by atoms with Crippen LogP contribution in [0.5, 0.6) is 0 Å². The summed E-state index contributed by atoms with van der Waals surface area (Å²) in [4.78, 5) is 0. The summed E-state index contributed by atoms with van der Waals surface area (Å²) < 4.78 is 12.5. The maximum atomic E-state index is 12.5. The van der Waals surface area contributed by atoms with Crippen molar-refractivity contribution >= 4 is 11.6 Å². The second kappa shape index (κ2) is 3.36. The van der Waals surface area contributed by atoms with E-state index in [9.17, 15) is 4.39 Å². The molecule has 0 bridgehead atoms. The first-order valence-electron chi connectivity index (χ1n) is 3.03. The quantitative estimate of drug-likeness (QED) is 0.593. The Morgan fingerprint density at radius 1 is 1.55 bits per heavy atom. The van der Waals surface area contributed by atoms with Crippen LogP contribution >= 0.6 is 11.6 Å².